The SMILES string of the molecule is CCC1(C(N)c2ccc3c(c2)CCCO3)CCCC1. The first-order valence-corrected chi connectivity index (χ1v) is 7.76. The highest BCUT2D eigenvalue weighted by atomic mass is 16.5. The van der Waals surface area contributed by atoms with E-state index in [1.165, 1.54) is 43.2 Å². The maximum absolute atomic E-state index is 6.64. The molecule has 2 heteroatoms. The third kappa shape index (κ3) is 2.27. The molecule has 1 saturated carbocycles. The van der Waals surface area contributed by atoms with Gasteiger partial charge < -0.3 is 10.5 Å². The van der Waals surface area contributed by atoms with Crippen LogP contribution in [0.3, 0.4) is 0 Å². The van der Waals surface area contributed by atoms with Gasteiger partial charge in [-0.25, -0.2) is 0 Å². The molecule has 1 aromatic carbocycles. The van der Waals surface area contributed by atoms with E-state index in [9.17, 15) is 0 Å². The molecule has 0 bridgehead atoms. The van der Waals surface area contributed by atoms with Crippen LogP contribution in [0, 0.1) is 5.41 Å². The zero-order valence-electron chi connectivity index (χ0n) is 12.0. The van der Waals surface area contributed by atoms with E-state index in [-0.39, 0.29) is 6.04 Å². The van der Waals surface area contributed by atoms with E-state index in [1.54, 1.807) is 0 Å². The van der Waals surface area contributed by atoms with E-state index in [0.717, 1.165) is 25.2 Å². The number of aryl methyl sites for hydroxylation is 1. The van der Waals surface area contributed by atoms with Gasteiger partial charge in [-0.1, -0.05) is 31.9 Å². The van der Waals surface area contributed by atoms with Gasteiger partial charge in [-0.2, -0.15) is 0 Å². The fourth-order valence-electron chi connectivity index (χ4n) is 3.89. The monoisotopic (exact) mass is 259 g/mol. The molecule has 3 rings (SSSR count). The van der Waals surface area contributed by atoms with Crippen molar-refractivity contribution in [2.75, 3.05) is 6.61 Å². The van der Waals surface area contributed by atoms with Gasteiger partial charge in [-0.3, -0.25) is 0 Å². The molecule has 0 radical (unpaired) electrons. The standard InChI is InChI=1S/C17H25NO/c1-2-17(9-3-4-10-17)16(18)14-7-8-15-13(12-14)6-5-11-19-15/h7-8,12,16H,2-6,9-11,18H2,1H3. The minimum atomic E-state index is 0.187. The highest BCUT2D eigenvalue weighted by Gasteiger charge is 2.38. The fourth-order valence-corrected chi connectivity index (χ4v) is 3.89. The number of benzene rings is 1. The molecule has 104 valence electrons. The van der Waals surface area contributed by atoms with E-state index in [1.807, 2.05) is 0 Å². The molecule has 1 atom stereocenters. The van der Waals surface area contributed by atoms with E-state index in [2.05, 4.69) is 25.1 Å². The number of hydrogen-bond acceptors (Lipinski definition) is 2. The molecule has 0 spiro atoms. The summed E-state index contributed by atoms with van der Waals surface area (Å²) < 4.78 is 5.69. The summed E-state index contributed by atoms with van der Waals surface area (Å²) in [7, 11) is 0. The summed E-state index contributed by atoms with van der Waals surface area (Å²) in [6, 6.07) is 6.80. The van der Waals surface area contributed by atoms with Gasteiger partial charge in [0.2, 0.25) is 0 Å². The average molecular weight is 259 g/mol. The molecule has 1 aliphatic carbocycles. The van der Waals surface area contributed by atoms with Crippen LogP contribution in [0.1, 0.15) is 62.6 Å². The maximum Gasteiger partial charge on any atom is 0.122 e. The Kier molecular flexibility index (Phi) is 3.53. The maximum atomic E-state index is 6.64. The van der Waals surface area contributed by atoms with Crippen molar-refractivity contribution < 1.29 is 4.74 Å². The number of ether oxygens (including phenoxy) is 1. The minimum absolute atomic E-state index is 0.187. The van der Waals surface area contributed by atoms with Crippen molar-refractivity contribution in [3.8, 4) is 5.75 Å². The molecule has 2 nitrogen and oxygen atoms in total. The first-order valence-electron chi connectivity index (χ1n) is 7.76. The predicted molar refractivity (Wildman–Crippen MR) is 78.4 cm³/mol. The van der Waals surface area contributed by atoms with Gasteiger partial charge >= 0.3 is 0 Å². The van der Waals surface area contributed by atoms with Gasteiger partial charge in [-0.05, 0) is 54.7 Å². The average Bonchev–Trinajstić information content (AvgIpc) is 2.96. The Bertz CT molecular complexity index is 449. The highest BCUT2D eigenvalue weighted by Crippen LogP contribution is 2.49. The van der Waals surface area contributed by atoms with Crippen LogP contribution in [0.25, 0.3) is 0 Å². The Morgan fingerprint density at radius 1 is 1.26 bits per heavy atom. The molecular weight excluding hydrogens is 234 g/mol. The Morgan fingerprint density at radius 3 is 2.79 bits per heavy atom. The Labute approximate surface area is 116 Å². The van der Waals surface area contributed by atoms with E-state index in [0.29, 0.717) is 5.41 Å². The number of fused-ring (bicyclic) bond motifs is 1. The summed E-state index contributed by atoms with van der Waals surface area (Å²) in [5, 5.41) is 0. The summed E-state index contributed by atoms with van der Waals surface area (Å²) in [4.78, 5) is 0. The quantitative estimate of drug-likeness (QED) is 0.891. The molecule has 0 aromatic heterocycles. The third-order valence-corrected chi connectivity index (χ3v) is 5.25. The van der Waals surface area contributed by atoms with Crippen molar-refractivity contribution in [3.63, 3.8) is 0 Å². The lowest BCUT2D eigenvalue weighted by molar-refractivity contribution is 0.221. The fraction of sp³-hybridized carbons (Fsp3) is 0.647. The summed E-state index contributed by atoms with van der Waals surface area (Å²) in [6.45, 7) is 3.16. The van der Waals surface area contributed by atoms with Crippen LogP contribution in [-0.4, -0.2) is 6.61 Å². The third-order valence-electron chi connectivity index (χ3n) is 5.25. The smallest absolute Gasteiger partial charge is 0.122 e. The topological polar surface area (TPSA) is 35.2 Å². The van der Waals surface area contributed by atoms with E-state index < -0.39 is 0 Å². The van der Waals surface area contributed by atoms with Gasteiger partial charge in [0, 0.05) is 6.04 Å². The Balaban J connectivity index is 1.88. The number of hydrogen-bond donors (Lipinski definition) is 1. The Hall–Kier alpha value is -1.02. The van der Waals surface area contributed by atoms with Crippen LogP contribution in [-0.2, 0) is 6.42 Å². The van der Waals surface area contributed by atoms with Crippen LogP contribution in [0.5, 0.6) is 5.75 Å². The first-order chi connectivity index (χ1) is 9.25. The lowest BCUT2D eigenvalue weighted by Gasteiger charge is -2.35. The van der Waals surface area contributed by atoms with Crippen LogP contribution >= 0.6 is 0 Å². The first kappa shape index (κ1) is 13.0. The molecule has 1 heterocycles. The lowest BCUT2D eigenvalue weighted by atomic mass is 9.73. The van der Waals surface area contributed by atoms with Crippen LogP contribution < -0.4 is 10.5 Å². The molecule has 0 saturated heterocycles. The number of rotatable bonds is 3. The van der Waals surface area contributed by atoms with Crippen molar-refractivity contribution >= 4 is 0 Å². The van der Waals surface area contributed by atoms with Crippen molar-refractivity contribution in [1.29, 1.82) is 0 Å². The molecule has 1 fully saturated rings. The molecular formula is C17H25NO. The zero-order chi connectivity index (χ0) is 13.3. The van der Waals surface area contributed by atoms with Gasteiger partial charge in [-0.15, -0.1) is 0 Å². The van der Waals surface area contributed by atoms with Gasteiger partial charge in [0.1, 0.15) is 5.75 Å². The normalized spacial score (nSPS) is 22.6. The Morgan fingerprint density at radius 2 is 2.05 bits per heavy atom. The molecule has 1 unspecified atom stereocenters. The molecule has 2 N–H and O–H groups in total. The highest BCUT2D eigenvalue weighted by molar-refractivity contribution is 5.40. The van der Waals surface area contributed by atoms with Crippen LogP contribution in [0.2, 0.25) is 0 Å². The van der Waals surface area contributed by atoms with Crippen LogP contribution in [0.15, 0.2) is 18.2 Å². The second kappa shape index (κ2) is 5.16. The zero-order valence-corrected chi connectivity index (χ0v) is 12.0. The molecule has 19 heavy (non-hydrogen) atoms. The molecule has 1 aliphatic heterocycles. The second-order valence-corrected chi connectivity index (χ2v) is 6.22. The van der Waals surface area contributed by atoms with Crippen LogP contribution in [0.4, 0.5) is 0 Å². The van der Waals surface area contributed by atoms with Crippen molar-refractivity contribution in [1.82, 2.24) is 0 Å². The van der Waals surface area contributed by atoms with Crippen molar-refractivity contribution in [2.45, 2.75) is 57.9 Å². The molecule has 0 amide bonds. The summed E-state index contributed by atoms with van der Waals surface area (Å²) in [5.41, 5.74) is 9.64. The summed E-state index contributed by atoms with van der Waals surface area (Å²) >= 11 is 0. The minimum Gasteiger partial charge on any atom is -0.493 e. The van der Waals surface area contributed by atoms with E-state index >= 15 is 0 Å². The van der Waals surface area contributed by atoms with Crippen molar-refractivity contribution in [2.24, 2.45) is 11.1 Å². The number of nitrogens with two attached hydrogens (primary N) is 1. The predicted octanol–water partition coefficient (Wildman–Crippen LogP) is 3.98. The van der Waals surface area contributed by atoms with Gasteiger partial charge in [0.15, 0.2) is 0 Å². The van der Waals surface area contributed by atoms with Gasteiger partial charge in [0.25, 0.3) is 0 Å². The summed E-state index contributed by atoms with van der Waals surface area (Å²) in [6.07, 6.45) is 8.73. The van der Waals surface area contributed by atoms with E-state index in [4.69, 9.17) is 10.5 Å². The molecule has 2 aliphatic rings. The summed E-state index contributed by atoms with van der Waals surface area (Å²) in [5.74, 6) is 1.07. The van der Waals surface area contributed by atoms with Gasteiger partial charge in [0.05, 0.1) is 6.61 Å². The largest absolute Gasteiger partial charge is 0.493 e. The second-order valence-electron chi connectivity index (χ2n) is 6.22. The lowest BCUT2D eigenvalue weighted by Crippen LogP contribution is -2.31. The molecule has 1 aromatic rings. The van der Waals surface area contributed by atoms with Crippen molar-refractivity contribution in [3.05, 3.63) is 29.3 Å².